The summed E-state index contributed by atoms with van der Waals surface area (Å²) in [5, 5.41) is 0.232. The van der Waals surface area contributed by atoms with Crippen LogP contribution in [0.3, 0.4) is 0 Å². The minimum atomic E-state index is -3.38. The molecule has 2 aromatic rings. The zero-order valence-electron chi connectivity index (χ0n) is 11.1. The largest absolute Gasteiger partial charge is 0.468 e. The molecule has 0 saturated carbocycles. The van der Waals surface area contributed by atoms with Gasteiger partial charge in [-0.1, -0.05) is 0 Å². The Morgan fingerprint density at radius 3 is 2.81 bits per heavy atom. The van der Waals surface area contributed by atoms with Gasteiger partial charge in [0.1, 0.15) is 9.97 Å². The van der Waals surface area contributed by atoms with E-state index in [1.54, 1.807) is 34.5 Å². The maximum atomic E-state index is 12.6. The van der Waals surface area contributed by atoms with Gasteiger partial charge in [0.05, 0.1) is 15.3 Å². The molecule has 0 aromatic carbocycles. The molecule has 8 heteroatoms. The molecule has 1 saturated heterocycles. The quantitative estimate of drug-likeness (QED) is 0.771. The summed E-state index contributed by atoms with van der Waals surface area (Å²) in [6.45, 7) is 1.07. The first-order valence-corrected chi connectivity index (χ1v) is 10.6. The van der Waals surface area contributed by atoms with Crippen LogP contribution in [0.25, 0.3) is 0 Å². The zero-order chi connectivity index (χ0) is 14.9. The molecule has 1 fully saturated rings. The van der Waals surface area contributed by atoms with Crippen molar-refractivity contribution in [2.75, 3.05) is 18.8 Å². The standard InChI is InChI=1S/C13H14BrNO3S3/c14-12-3-4-13(20-12)21(16,17)15-6-5-11(19-9-7-15)10-2-1-8-18-10/h1-4,8,11H,5-7,9H2/t11-/m0/s1. The Morgan fingerprint density at radius 1 is 1.29 bits per heavy atom. The predicted molar refractivity (Wildman–Crippen MR) is 89.3 cm³/mol. The third kappa shape index (κ3) is 3.39. The fourth-order valence-electron chi connectivity index (χ4n) is 2.26. The zero-order valence-corrected chi connectivity index (χ0v) is 15.1. The number of hydrogen-bond acceptors (Lipinski definition) is 5. The molecule has 1 aliphatic heterocycles. The molecule has 0 bridgehead atoms. The van der Waals surface area contributed by atoms with E-state index in [2.05, 4.69) is 15.9 Å². The predicted octanol–water partition coefficient (Wildman–Crippen LogP) is 3.97. The number of rotatable bonds is 3. The van der Waals surface area contributed by atoms with Crippen molar-refractivity contribution >= 4 is 49.1 Å². The Kier molecular flexibility index (Phi) is 4.80. The Labute approximate surface area is 140 Å². The second-order valence-corrected chi connectivity index (χ2v) is 10.6. The molecule has 21 heavy (non-hydrogen) atoms. The number of thiophene rings is 1. The third-order valence-corrected chi connectivity index (χ3v) is 8.58. The van der Waals surface area contributed by atoms with Crippen molar-refractivity contribution in [3.8, 4) is 0 Å². The Balaban J connectivity index is 1.75. The van der Waals surface area contributed by atoms with Crippen LogP contribution in [0.5, 0.6) is 0 Å². The van der Waals surface area contributed by atoms with Crippen molar-refractivity contribution in [1.82, 2.24) is 4.31 Å². The van der Waals surface area contributed by atoms with Gasteiger partial charge < -0.3 is 4.42 Å². The van der Waals surface area contributed by atoms with Crippen LogP contribution in [0.2, 0.25) is 0 Å². The monoisotopic (exact) mass is 407 g/mol. The second-order valence-electron chi connectivity index (χ2n) is 4.63. The van der Waals surface area contributed by atoms with E-state index in [0.717, 1.165) is 21.7 Å². The molecular weight excluding hydrogens is 394 g/mol. The van der Waals surface area contributed by atoms with Crippen molar-refractivity contribution in [2.24, 2.45) is 0 Å². The fourth-order valence-corrected chi connectivity index (χ4v) is 7.17. The van der Waals surface area contributed by atoms with E-state index in [4.69, 9.17) is 4.42 Å². The molecule has 0 unspecified atom stereocenters. The van der Waals surface area contributed by atoms with Gasteiger partial charge in [0.25, 0.3) is 10.0 Å². The Hall–Kier alpha value is -0.280. The van der Waals surface area contributed by atoms with Crippen LogP contribution in [-0.4, -0.2) is 31.6 Å². The number of nitrogens with zero attached hydrogens (tertiary/aromatic N) is 1. The molecule has 4 nitrogen and oxygen atoms in total. The Morgan fingerprint density at radius 2 is 2.14 bits per heavy atom. The molecule has 0 radical (unpaired) electrons. The van der Waals surface area contributed by atoms with Crippen LogP contribution in [0.4, 0.5) is 0 Å². The van der Waals surface area contributed by atoms with Gasteiger partial charge in [0, 0.05) is 18.8 Å². The van der Waals surface area contributed by atoms with Crippen LogP contribution in [0.1, 0.15) is 17.4 Å². The average molecular weight is 408 g/mol. The number of thioether (sulfide) groups is 1. The lowest BCUT2D eigenvalue weighted by atomic mass is 10.2. The lowest BCUT2D eigenvalue weighted by molar-refractivity contribution is 0.418. The SMILES string of the molecule is O=S(=O)(c1ccc(Br)s1)N1CCS[C@H](c2ccco2)CC1. The number of halogens is 1. The van der Waals surface area contributed by atoms with Gasteiger partial charge in [0.2, 0.25) is 0 Å². The summed E-state index contributed by atoms with van der Waals surface area (Å²) in [6, 6.07) is 7.26. The fraction of sp³-hybridized carbons (Fsp3) is 0.385. The summed E-state index contributed by atoms with van der Waals surface area (Å²) in [5.74, 6) is 1.70. The number of hydrogen-bond donors (Lipinski definition) is 0. The first-order valence-electron chi connectivity index (χ1n) is 6.48. The van der Waals surface area contributed by atoms with E-state index in [-0.39, 0.29) is 5.25 Å². The van der Waals surface area contributed by atoms with Crippen LogP contribution >= 0.6 is 39.0 Å². The summed E-state index contributed by atoms with van der Waals surface area (Å²) in [7, 11) is -3.38. The molecule has 0 amide bonds. The topological polar surface area (TPSA) is 50.5 Å². The first-order chi connectivity index (χ1) is 10.1. The highest BCUT2D eigenvalue weighted by atomic mass is 79.9. The molecule has 3 rings (SSSR count). The van der Waals surface area contributed by atoms with Crippen molar-refractivity contribution in [2.45, 2.75) is 15.9 Å². The molecule has 2 aromatic heterocycles. The van der Waals surface area contributed by atoms with Gasteiger partial charge in [-0.25, -0.2) is 8.42 Å². The normalized spacial score (nSPS) is 21.3. The van der Waals surface area contributed by atoms with E-state index in [1.807, 2.05) is 12.1 Å². The molecule has 3 heterocycles. The van der Waals surface area contributed by atoms with Crippen LogP contribution in [0.15, 0.2) is 42.9 Å². The maximum Gasteiger partial charge on any atom is 0.252 e. The number of furan rings is 1. The molecule has 0 aliphatic carbocycles. The maximum absolute atomic E-state index is 12.6. The van der Waals surface area contributed by atoms with E-state index in [0.29, 0.717) is 17.3 Å². The number of sulfonamides is 1. The van der Waals surface area contributed by atoms with Gasteiger partial charge in [0.15, 0.2) is 0 Å². The first kappa shape index (κ1) is 15.6. The molecule has 114 valence electrons. The van der Waals surface area contributed by atoms with Crippen molar-refractivity contribution in [3.05, 3.63) is 40.1 Å². The molecule has 1 atom stereocenters. The minimum absolute atomic E-state index is 0.232. The van der Waals surface area contributed by atoms with Crippen LogP contribution in [0, 0.1) is 0 Å². The molecule has 1 aliphatic rings. The highest BCUT2D eigenvalue weighted by molar-refractivity contribution is 9.11. The summed E-state index contributed by atoms with van der Waals surface area (Å²) >= 11 is 6.33. The third-order valence-electron chi connectivity index (χ3n) is 3.30. The van der Waals surface area contributed by atoms with Gasteiger partial charge in [-0.3, -0.25) is 0 Å². The van der Waals surface area contributed by atoms with Crippen LogP contribution in [-0.2, 0) is 10.0 Å². The summed E-state index contributed by atoms with van der Waals surface area (Å²) in [4.78, 5) is 0. The minimum Gasteiger partial charge on any atom is -0.468 e. The van der Waals surface area contributed by atoms with Crippen molar-refractivity contribution in [1.29, 1.82) is 0 Å². The van der Waals surface area contributed by atoms with E-state index < -0.39 is 10.0 Å². The van der Waals surface area contributed by atoms with Gasteiger partial charge in [-0.2, -0.15) is 4.31 Å². The highest BCUT2D eigenvalue weighted by Gasteiger charge is 2.30. The smallest absolute Gasteiger partial charge is 0.252 e. The molecular formula is C13H14BrNO3S3. The molecule has 0 spiro atoms. The van der Waals surface area contributed by atoms with Crippen molar-refractivity contribution in [3.63, 3.8) is 0 Å². The summed E-state index contributed by atoms with van der Waals surface area (Å²) < 4.78 is 33.5. The van der Waals surface area contributed by atoms with Crippen molar-refractivity contribution < 1.29 is 12.8 Å². The van der Waals surface area contributed by atoms with Gasteiger partial charge in [-0.15, -0.1) is 23.1 Å². The van der Waals surface area contributed by atoms with E-state index in [9.17, 15) is 8.42 Å². The molecule has 0 N–H and O–H groups in total. The van der Waals surface area contributed by atoms with E-state index in [1.165, 1.54) is 11.3 Å². The lowest BCUT2D eigenvalue weighted by Crippen LogP contribution is -2.32. The highest BCUT2D eigenvalue weighted by Crippen LogP contribution is 2.36. The lowest BCUT2D eigenvalue weighted by Gasteiger charge is -2.18. The van der Waals surface area contributed by atoms with Gasteiger partial charge >= 0.3 is 0 Å². The average Bonchev–Trinajstić information content (AvgIpc) is 3.06. The van der Waals surface area contributed by atoms with E-state index >= 15 is 0 Å². The summed E-state index contributed by atoms with van der Waals surface area (Å²) in [6.07, 6.45) is 2.43. The van der Waals surface area contributed by atoms with Gasteiger partial charge in [-0.05, 0) is 46.6 Å². The second kappa shape index (κ2) is 6.45. The summed E-state index contributed by atoms with van der Waals surface area (Å²) in [5.41, 5.74) is 0. The van der Waals surface area contributed by atoms with Crippen LogP contribution < -0.4 is 0 Å². The Bertz CT molecular complexity index is 696.